The van der Waals surface area contributed by atoms with Crippen LogP contribution in [0, 0.1) is 0 Å². The van der Waals surface area contributed by atoms with Gasteiger partial charge >= 0.3 is 0 Å². The van der Waals surface area contributed by atoms with E-state index in [1.165, 1.54) is 38.1 Å². The number of aliphatic hydroxyl groups is 1. The number of ether oxygens (including phenoxy) is 3. The Bertz CT molecular complexity index is 1540. The zero-order valence-corrected chi connectivity index (χ0v) is 25.5. The highest BCUT2D eigenvalue weighted by molar-refractivity contribution is 7.92. The quantitative estimate of drug-likeness (QED) is 0.237. The van der Waals surface area contributed by atoms with Gasteiger partial charge in [-0.15, -0.1) is 0 Å². The van der Waals surface area contributed by atoms with E-state index in [0.29, 0.717) is 5.75 Å². The molecular weight excluding hydrogens is 558 g/mol. The largest absolute Gasteiger partial charge is 0.493 e. The lowest BCUT2D eigenvalue weighted by Gasteiger charge is -2.20. The second-order valence-corrected chi connectivity index (χ2v) is 11.7. The van der Waals surface area contributed by atoms with Crippen LogP contribution in [0.4, 0.5) is 5.82 Å². The second-order valence-electron chi connectivity index (χ2n) is 10.0. The number of sulfonamides is 1. The molecule has 0 fully saturated rings. The van der Waals surface area contributed by atoms with Gasteiger partial charge < -0.3 is 19.3 Å². The van der Waals surface area contributed by atoms with Crippen LogP contribution in [0.15, 0.2) is 71.9 Å². The van der Waals surface area contributed by atoms with Crippen LogP contribution in [0.1, 0.15) is 46.6 Å². The van der Waals surface area contributed by atoms with Crippen molar-refractivity contribution in [1.29, 1.82) is 0 Å². The fraction of sp³-hybridized carbons (Fsp3) is 0.333. The molecule has 11 nitrogen and oxygen atoms in total. The molecule has 0 aliphatic rings. The minimum atomic E-state index is -4.14. The monoisotopic (exact) mass is 595 g/mol. The highest BCUT2D eigenvalue weighted by Crippen LogP contribution is 2.41. The Morgan fingerprint density at radius 1 is 0.881 bits per heavy atom. The summed E-state index contributed by atoms with van der Waals surface area (Å²) in [6.45, 7) is 9.90. The average molecular weight is 596 g/mol. The van der Waals surface area contributed by atoms with Gasteiger partial charge in [0.1, 0.15) is 6.61 Å². The van der Waals surface area contributed by atoms with Crippen molar-refractivity contribution in [3.63, 3.8) is 0 Å². The van der Waals surface area contributed by atoms with Crippen molar-refractivity contribution in [1.82, 2.24) is 19.9 Å². The third kappa shape index (κ3) is 8.37. The van der Waals surface area contributed by atoms with E-state index in [9.17, 15) is 13.5 Å². The maximum atomic E-state index is 13.5. The first-order valence-corrected chi connectivity index (χ1v) is 14.9. The molecule has 0 unspecified atom stereocenters. The van der Waals surface area contributed by atoms with E-state index in [-0.39, 0.29) is 58.4 Å². The molecule has 0 atom stereocenters. The SMILES string of the molecule is CCC.COc1ccccc1Oc1c(NS(=O)(=O)c2ccc(C(C)(C)C)cc2)nc(-c2ncccn2)nc1OCCO. The molecule has 0 aliphatic carbocycles. The van der Waals surface area contributed by atoms with Gasteiger partial charge in [0, 0.05) is 12.4 Å². The summed E-state index contributed by atoms with van der Waals surface area (Å²) in [6, 6.07) is 15.0. The Morgan fingerprint density at radius 3 is 2.07 bits per heavy atom. The molecule has 2 N–H and O–H groups in total. The smallest absolute Gasteiger partial charge is 0.263 e. The van der Waals surface area contributed by atoms with Gasteiger partial charge in [0.25, 0.3) is 15.9 Å². The number of benzene rings is 2. The number of aromatic nitrogens is 4. The lowest BCUT2D eigenvalue weighted by atomic mass is 9.87. The molecular formula is C30H37N5O6S. The van der Waals surface area contributed by atoms with E-state index in [0.717, 1.165) is 5.56 Å². The van der Waals surface area contributed by atoms with Crippen molar-refractivity contribution in [3.05, 3.63) is 72.6 Å². The molecule has 0 amide bonds. The lowest BCUT2D eigenvalue weighted by Crippen LogP contribution is -2.17. The third-order valence-corrected chi connectivity index (χ3v) is 6.83. The van der Waals surface area contributed by atoms with Crippen molar-refractivity contribution >= 4 is 15.8 Å². The zero-order valence-electron chi connectivity index (χ0n) is 24.7. The van der Waals surface area contributed by atoms with Gasteiger partial charge in [-0.1, -0.05) is 65.3 Å². The topological polar surface area (TPSA) is 146 Å². The van der Waals surface area contributed by atoms with Gasteiger partial charge in [-0.3, -0.25) is 4.72 Å². The van der Waals surface area contributed by atoms with Crippen LogP contribution in [0.3, 0.4) is 0 Å². The lowest BCUT2D eigenvalue weighted by molar-refractivity contribution is 0.192. The van der Waals surface area contributed by atoms with E-state index in [1.54, 1.807) is 42.5 Å². The number of hydrogen-bond donors (Lipinski definition) is 2. The van der Waals surface area contributed by atoms with Crippen molar-refractivity contribution in [2.75, 3.05) is 25.0 Å². The molecule has 4 aromatic rings. The molecule has 0 saturated heterocycles. The van der Waals surface area contributed by atoms with Crippen molar-refractivity contribution in [2.24, 2.45) is 0 Å². The predicted octanol–water partition coefficient (Wildman–Crippen LogP) is 5.62. The van der Waals surface area contributed by atoms with E-state index < -0.39 is 10.0 Å². The molecule has 224 valence electrons. The Morgan fingerprint density at radius 2 is 1.50 bits per heavy atom. The van der Waals surface area contributed by atoms with E-state index in [4.69, 9.17) is 14.2 Å². The van der Waals surface area contributed by atoms with Crippen molar-refractivity contribution < 1.29 is 27.7 Å². The first-order chi connectivity index (χ1) is 20.0. The van der Waals surface area contributed by atoms with Gasteiger partial charge in [-0.05, 0) is 41.3 Å². The first-order valence-electron chi connectivity index (χ1n) is 13.4. The summed E-state index contributed by atoms with van der Waals surface area (Å²) in [6.07, 6.45) is 4.25. The molecule has 2 aromatic heterocycles. The van der Waals surface area contributed by atoms with Crippen LogP contribution in [0.5, 0.6) is 23.1 Å². The Kier molecular flexibility index (Phi) is 11.2. The van der Waals surface area contributed by atoms with Crippen molar-refractivity contribution in [2.45, 2.75) is 51.3 Å². The summed E-state index contributed by atoms with van der Waals surface area (Å²) < 4.78 is 46.6. The minimum Gasteiger partial charge on any atom is -0.493 e. The predicted molar refractivity (Wildman–Crippen MR) is 161 cm³/mol. The standard InChI is InChI=1S/C27H29N5O6S.C3H8/c1-27(2,3)18-10-12-19(13-11-18)39(34,35)32-23-22(38-21-9-6-5-8-20(21)36-4)26(37-17-16-33)31-25(30-23)24-28-14-7-15-29-24;1-3-2/h5-15,33H,16-17H2,1-4H3,(H,30,31,32);3H2,1-2H3. The molecule has 2 heterocycles. The minimum absolute atomic E-state index is 0.0169. The maximum Gasteiger partial charge on any atom is 0.263 e. The van der Waals surface area contributed by atoms with E-state index >= 15 is 0 Å². The summed E-state index contributed by atoms with van der Waals surface area (Å²) in [5.41, 5.74) is 0.827. The number of para-hydroxylation sites is 2. The molecule has 4 rings (SSSR count). The molecule has 0 bridgehead atoms. The zero-order chi connectivity index (χ0) is 30.8. The number of aliphatic hydroxyl groups excluding tert-OH is 1. The fourth-order valence-electron chi connectivity index (χ4n) is 3.48. The first kappa shape index (κ1) is 32.2. The summed E-state index contributed by atoms with van der Waals surface area (Å²) in [5.74, 6) is 0.271. The van der Waals surface area contributed by atoms with Gasteiger partial charge in [0.05, 0.1) is 18.6 Å². The fourth-order valence-corrected chi connectivity index (χ4v) is 4.48. The maximum absolute atomic E-state index is 13.5. The van der Waals surface area contributed by atoms with Crippen LogP contribution >= 0.6 is 0 Å². The summed E-state index contributed by atoms with van der Waals surface area (Å²) >= 11 is 0. The highest BCUT2D eigenvalue weighted by Gasteiger charge is 2.26. The van der Waals surface area contributed by atoms with Gasteiger partial charge in [0.15, 0.2) is 23.1 Å². The van der Waals surface area contributed by atoms with E-state index in [1.807, 2.05) is 20.8 Å². The molecule has 0 spiro atoms. The second kappa shape index (κ2) is 14.6. The molecule has 12 heteroatoms. The molecule has 0 aliphatic heterocycles. The Balaban J connectivity index is 0.00000155. The van der Waals surface area contributed by atoms with E-state index in [2.05, 4.69) is 38.5 Å². The molecule has 2 aromatic carbocycles. The number of anilines is 1. The summed E-state index contributed by atoms with van der Waals surface area (Å²) in [7, 11) is -2.66. The van der Waals surface area contributed by atoms with Gasteiger partial charge in [-0.2, -0.15) is 4.98 Å². The number of hydrogen-bond acceptors (Lipinski definition) is 10. The van der Waals surface area contributed by atoms with Crippen LogP contribution in [0.25, 0.3) is 11.6 Å². The number of rotatable bonds is 10. The average Bonchev–Trinajstić information content (AvgIpc) is 2.97. The van der Waals surface area contributed by atoms with Crippen LogP contribution in [0.2, 0.25) is 0 Å². The van der Waals surface area contributed by atoms with Crippen LogP contribution in [-0.4, -0.2) is 53.8 Å². The molecule has 0 radical (unpaired) electrons. The molecule has 42 heavy (non-hydrogen) atoms. The normalized spacial score (nSPS) is 11.2. The third-order valence-electron chi connectivity index (χ3n) is 5.47. The van der Waals surface area contributed by atoms with Gasteiger partial charge in [0.2, 0.25) is 11.6 Å². The number of nitrogens with zero attached hydrogens (tertiary/aromatic N) is 4. The number of nitrogens with one attached hydrogen (secondary N) is 1. The van der Waals surface area contributed by atoms with Crippen LogP contribution < -0.4 is 18.9 Å². The number of methoxy groups -OCH3 is 1. The Hall–Kier alpha value is -4.29. The van der Waals surface area contributed by atoms with Crippen molar-refractivity contribution in [3.8, 4) is 34.8 Å². The molecule has 0 saturated carbocycles. The Labute approximate surface area is 247 Å². The van der Waals surface area contributed by atoms with Gasteiger partial charge in [-0.25, -0.2) is 23.4 Å². The highest BCUT2D eigenvalue weighted by atomic mass is 32.2. The summed E-state index contributed by atoms with van der Waals surface area (Å²) in [4.78, 5) is 17.1. The van der Waals surface area contributed by atoms with Crippen LogP contribution in [-0.2, 0) is 15.4 Å². The summed E-state index contributed by atoms with van der Waals surface area (Å²) in [5, 5.41) is 9.40.